The molecule has 0 radical (unpaired) electrons. The van der Waals surface area contributed by atoms with Crippen molar-refractivity contribution in [2.45, 2.75) is 38.5 Å². The first-order valence-corrected chi connectivity index (χ1v) is 8.16. The molecule has 0 aromatic heterocycles. The van der Waals surface area contributed by atoms with Crippen LogP contribution in [0.25, 0.3) is 10.8 Å². The maximum Gasteiger partial charge on any atom is 0.130 e. The molecule has 3 rings (SSSR count). The lowest BCUT2D eigenvalue weighted by Gasteiger charge is -2.27. The highest BCUT2D eigenvalue weighted by Crippen LogP contribution is 2.44. The van der Waals surface area contributed by atoms with Crippen LogP contribution in [0.3, 0.4) is 0 Å². The van der Waals surface area contributed by atoms with Crippen molar-refractivity contribution in [3.63, 3.8) is 0 Å². The van der Waals surface area contributed by atoms with Crippen LogP contribution < -0.4 is 9.47 Å². The number of alkyl halides is 1. The van der Waals surface area contributed by atoms with Gasteiger partial charge in [0.2, 0.25) is 0 Å². The number of fused-ring (bicyclic) bond motifs is 2. The lowest BCUT2D eigenvalue weighted by Crippen LogP contribution is -2.17. The lowest BCUT2D eigenvalue weighted by molar-refractivity contribution is 0.328. The van der Waals surface area contributed by atoms with E-state index in [1.807, 2.05) is 19.9 Å². The number of ether oxygens (including phenoxy) is 2. The molecule has 0 saturated heterocycles. The Morgan fingerprint density at radius 3 is 2.14 bits per heavy atom. The normalized spacial score (nSPS) is 17.6. The van der Waals surface area contributed by atoms with Gasteiger partial charge in [-0.1, -0.05) is 24.3 Å². The summed E-state index contributed by atoms with van der Waals surface area (Å²) in [6, 6.07) is 8.34. The number of hydrogen-bond acceptors (Lipinski definition) is 2. The van der Waals surface area contributed by atoms with E-state index >= 15 is 0 Å². The summed E-state index contributed by atoms with van der Waals surface area (Å²) in [4.78, 5) is 0. The van der Waals surface area contributed by atoms with E-state index in [0.29, 0.717) is 13.2 Å². The molecule has 3 heteroatoms. The lowest BCUT2D eigenvalue weighted by atomic mass is 9.87. The molecule has 0 heterocycles. The van der Waals surface area contributed by atoms with E-state index < -0.39 is 0 Å². The SMILES string of the molecule is CCOc1c2c(c(OCC)c3ccccc13)CC(Cl)CC2. The molecule has 21 heavy (non-hydrogen) atoms. The molecule has 1 aliphatic rings. The van der Waals surface area contributed by atoms with Gasteiger partial charge in [0.1, 0.15) is 11.5 Å². The van der Waals surface area contributed by atoms with Gasteiger partial charge in [0.15, 0.2) is 0 Å². The predicted octanol–water partition coefficient (Wildman–Crippen LogP) is 4.73. The summed E-state index contributed by atoms with van der Waals surface area (Å²) in [6.07, 6.45) is 2.82. The first kappa shape index (κ1) is 14.5. The van der Waals surface area contributed by atoms with Gasteiger partial charge in [-0.15, -0.1) is 11.6 Å². The standard InChI is InChI=1S/C18H21ClO2/c1-3-20-17-13-7-5-6-8-14(13)18(21-4-2)16-11-12(19)9-10-15(16)17/h5-8,12H,3-4,9-11H2,1-2H3. The molecule has 2 nitrogen and oxygen atoms in total. The highest BCUT2D eigenvalue weighted by atomic mass is 35.5. The van der Waals surface area contributed by atoms with Crippen LogP contribution in [0.5, 0.6) is 11.5 Å². The summed E-state index contributed by atoms with van der Waals surface area (Å²) >= 11 is 6.40. The Labute approximate surface area is 131 Å². The van der Waals surface area contributed by atoms with Gasteiger partial charge in [-0.2, -0.15) is 0 Å². The van der Waals surface area contributed by atoms with Crippen molar-refractivity contribution < 1.29 is 9.47 Å². The molecule has 1 aliphatic carbocycles. The molecule has 0 aliphatic heterocycles. The summed E-state index contributed by atoms with van der Waals surface area (Å²) in [6.45, 7) is 5.40. The molecule has 0 bridgehead atoms. The Morgan fingerprint density at radius 2 is 1.57 bits per heavy atom. The molecule has 112 valence electrons. The van der Waals surface area contributed by atoms with Crippen LogP contribution in [0.2, 0.25) is 0 Å². The maximum absolute atomic E-state index is 6.40. The minimum atomic E-state index is 0.187. The minimum absolute atomic E-state index is 0.187. The smallest absolute Gasteiger partial charge is 0.130 e. The van der Waals surface area contributed by atoms with Crippen LogP contribution in [0.4, 0.5) is 0 Å². The molecule has 0 fully saturated rings. The van der Waals surface area contributed by atoms with Crippen LogP contribution in [0, 0.1) is 0 Å². The summed E-state index contributed by atoms with van der Waals surface area (Å²) in [5.74, 6) is 2.02. The largest absolute Gasteiger partial charge is 0.493 e. The Kier molecular flexibility index (Phi) is 4.25. The van der Waals surface area contributed by atoms with E-state index in [0.717, 1.165) is 41.5 Å². The van der Waals surface area contributed by atoms with Crippen molar-refractivity contribution >= 4 is 22.4 Å². The predicted molar refractivity (Wildman–Crippen MR) is 88.0 cm³/mol. The first-order chi connectivity index (χ1) is 10.3. The fourth-order valence-electron chi connectivity index (χ4n) is 3.20. The number of hydrogen-bond donors (Lipinski definition) is 0. The van der Waals surface area contributed by atoms with Crippen molar-refractivity contribution in [3.05, 3.63) is 35.4 Å². The van der Waals surface area contributed by atoms with E-state index in [1.165, 1.54) is 11.1 Å². The zero-order valence-corrected chi connectivity index (χ0v) is 13.4. The highest BCUT2D eigenvalue weighted by Gasteiger charge is 2.26. The van der Waals surface area contributed by atoms with Gasteiger partial charge < -0.3 is 9.47 Å². The van der Waals surface area contributed by atoms with E-state index in [1.54, 1.807) is 0 Å². The molecule has 1 atom stereocenters. The van der Waals surface area contributed by atoms with Crippen LogP contribution >= 0.6 is 11.6 Å². The number of rotatable bonds is 4. The molecule has 2 aromatic carbocycles. The van der Waals surface area contributed by atoms with E-state index in [-0.39, 0.29) is 5.38 Å². The third kappa shape index (κ3) is 2.57. The third-order valence-electron chi connectivity index (χ3n) is 4.04. The highest BCUT2D eigenvalue weighted by molar-refractivity contribution is 6.21. The van der Waals surface area contributed by atoms with Gasteiger partial charge in [0.05, 0.1) is 13.2 Å². The van der Waals surface area contributed by atoms with Gasteiger partial charge in [0, 0.05) is 27.3 Å². The van der Waals surface area contributed by atoms with Crippen LogP contribution in [-0.2, 0) is 12.8 Å². The fraction of sp³-hybridized carbons (Fsp3) is 0.444. The molecule has 0 amide bonds. The molecule has 0 N–H and O–H groups in total. The molecular weight excluding hydrogens is 284 g/mol. The topological polar surface area (TPSA) is 18.5 Å². The second kappa shape index (κ2) is 6.15. The van der Waals surface area contributed by atoms with Crippen molar-refractivity contribution in [1.29, 1.82) is 0 Å². The summed E-state index contributed by atoms with van der Waals surface area (Å²) < 4.78 is 12.0. The third-order valence-corrected chi connectivity index (χ3v) is 4.41. The quantitative estimate of drug-likeness (QED) is 0.760. The molecule has 0 spiro atoms. The Hall–Kier alpha value is -1.41. The van der Waals surface area contributed by atoms with Crippen LogP contribution in [-0.4, -0.2) is 18.6 Å². The first-order valence-electron chi connectivity index (χ1n) is 7.72. The van der Waals surface area contributed by atoms with E-state index in [9.17, 15) is 0 Å². The number of benzene rings is 2. The maximum atomic E-state index is 6.40. The Balaban J connectivity index is 2.31. The Bertz CT molecular complexity index is 651. The van der Waals surface area contributed by atoms with E-state index in [4.69, 9.17) is 21.1 Å². The van der Waals surface area contributed by atoms with Crippen LogP contribution in [0.15, 0.2) is 24.3 Å². The Morgan fingerprint density at radius 1 is 1.00 bits per heavy atom. The van der Waals surface area contributed by atoms with Crippen LogP contribution in [0.1, 0.15) is 31.4 Å². The zero-order valence-electron chi connectivity index (χ0n) is 12.6. The van der Waals surface area contributed by atoms with Gasteiger partial charge in [-0.3, -0.25) is 0 Å². The second-order valence-corrected chi connectivity index (χ2v) is 5.98. The average Bonchev–Trinajstić information content (AvgIpc) is 2.50. The summed E-state index contributed by atoms with van der Waals surface area (Å²) in [5.41, 5.74) is 2.53. The van der Waals surface area contributed by atoms with Crippen molar-refractivity contribution in [3.8, 4) is 11.5 Å². The summed E-state index contributed by atoms with van der Waals surface area (Å²) in [7, 11) is 0. The van der Waals surface area contributed by atoms with Crippen molar-refractivity contribution in [1.82, 2.24) is 0 Å². The monoisotopic (exact) mass is 304 g/mol. The van der Waals surface area contributed by atoms with Gasteiger partial charge in [-0.25, -0.2) is 0 Å². The van der Waals surface area contributed by atoms with E-state index in [2.05, 4.69) is 18.2 Å². The molecule has 0 saturated carbocycles. The minimum Gasteiger partial charge on any atom is -0.493 e. The average molecular weight is 305 g/mol. The molecular formula is C18H21ClO2. The molecule has 1 unspecified atom stereocenters. The second-order valence-electron chi connectivity index (χ2n) is 5.37. The summed E-state index contributed by atoms with van der Waals surface area (Å²) in [5, 5.41) is 2.47. The van der Waals surface area contributed by atoms with Gasteiger partial charge in [0.25, 0.3) is 0 Å². The fourth-order valence-corrected chi connectivity index (χ4v) is 3.46. The van der Waals surface area contributed by atoms with Gasteiger partial charge in [-0.05, 0) is 33.1 Å². The molecule has 2 aromatic rings. The zero-order chi connectivity index (χ0) is 14.8. The van der Waals surface area contributed by atoms with Gasteiger partial charge >= 0.3 is 0 Å². The van der Waals surface area contributed by atoms with Crippen molar-refractivity contribution in [2.24, 2.45) is 0 Å². The number of halogens is 1. The van der Waals surface area contributed by atoms with Crippen molar-refractivity contribution in [2.75, 3.05) is 13.2 Å².